The van der Waals surface area contributed by atoms with Crippen molar-refractivity contribution in [1.29, 1.82) is 0 Å². The van der Waals surface area contributed by atoms with E-state index in [2.05, 4.69) is 38.8 Å². The third-order valence-electron chi connectivity index (χ3n) is 1.76. The summed E-state index contributed by atoms with van der Waals surface area (Å²) in [5.74, 6) is 2.04. The first-order valence-electron chi connectivity index (χ1n) is 2.54. The van der Waals surface area contributed by atoms with E-state index in [4.69, 9.17) is 11.6 Å². The molecule has 0 unspecified atom stereocenters. The Morgan fingerprint density at radius 1 is 1.62 bits per heavy atom. The van der Waals surface area contributed by atoms with Crippen LogP contribution in [-0.4, -0.2) is 9.11 Å². The molecule has 1 aliphatic rings. The smallest absolute Gasteiger partial charge is 0.0877 e. The molecule has 1 rings (SSSR count). The molecule has 0 amide bonds. The van der Waals surface area contributed by atoms with Gasteiger partial charge in [0.15, 0.2) is 0 Å². The molecule has 0 aliphatic heterocycles. The van der Waals surface area contributed by atoms with Gasteiger partial charge in [-0.25, -0.2) is 0 Å². The van der Waals surface area contributed by atoms with Crippen LogP contribution in [0.5, 0.6) is 0 Å². The van der Waals surface area contributed by atoms with Crippen LogP contribution >= 0.6 is 43.5 Å². The lowest BCUT2D eigenvalue weighted by molar-refractivity contribution is 0.841. The Morgan fingerprint density at radius 2 is 2.00 bits per heavy atom. The Bertz CT molecular complexity index is 103. The zero-order valence-electron chi connectivity index (χ0n) is 4.50. The van der Waals surface area contributed by atoms with Crippen LogP contribution in [0.15, 0.2) is 0 Å². The molecule has 0 aromatic heterocycles. The van der Waals surface area contributed by atoms with E-state index in [1.165, 1.54) is 0 Å². The van der Waals surface area contributed by atoms with Gasteiger partial charge in [0.25, 0.3) is 0 Å². The van der Waals surface area contributed by atoms with Gasteiger partial charge in [-0.05, 0) is 5.92 Å². The van der Waals surface area contributed by atoms with E-state index in [1.807, 2.05) is 0 Å². The van der Waals surface area contributed by atoms with E-state index in [9.17, 15) is 0 Å². The van der Waals surface area contributed by atoms with E-state index >= 15 is 0 Å². The molecule has 0 bridgehead atoms. The molecule has 8 heavy (non-hydrogen) atoms. The largest absolute Gasteiger partial charge is 0.126 e. The van der Waals surface area contributed by atoms with Crippen molar-refractivity contribution in [3.05, 3.63) is 0 Å². The Kier molecular flexibility index (Phi) is 1.96. The highest BCUT2D eigenvalue weighted by molar-refractivity contribution is 9.25. The minimum Gasteiger partial charge on any atom is -0.126 e. The van der Waals surface area contributed by atoms with Gasteiger partial charge in [0.05, 0.1) is 3.23 Å². The van der Waals surface area contributed by atoms with E-state index < -0.39 is 0 Å². The van der Waals surface area contributed by atoms with Crippen molar-refractivity contribution in [1.82, 2.24) is 0 Å². The first-order chi connectivity index (χ1) is 3.60. The Morgan fingerprint density at radius 3 is 2.00 bits per heavy atom. The van der Waals surface area contributed by atoms with E-state index in [1.54, 1.807) is 0 Å². The normalized spacial score (nSPS) is 42.0. The summed E-state index contributed by atoms with van der Waals surface area (Å²) in [4.78, 5) is 0. The summed E-state index contributed by atoms with van der Waals surface area (Å²) in [6.45, 7) is 2.18. The summed E-state index contributed by atoms with van der Waals surface area (Å²) in [5.41, 5.74) is 0. The van der Waals surface area contributed by atoms with Gasteiger partial charge in [0, 0.05) is 11.8 Å². The number of halogens is 3. The first-order valence-corrected chi connectivity index (χ1v) is 4.66. The number of hydrogen-bond acceptors (Lipinski definition) is 0. The molecule has 0 heterocycles. The van der Waals surface area contributed by atoms with Crippen LogP contribution < -0.4 is 0 Å². The summed E-state index contributed by atoms with van der Waals surface area (Å²) in [6, 6.07) is 0. The first kappa shape index (κ1) is 7.36. The van der Waals surface area contributed by atoms with E-state index in [0.29, 0.717) is 11.8 Å². The maximum Gasteiger partial charge on any atom is 0.0877 e. The van der Waals surface area contributed by atoms with Crippen LogP contribution in [0.25, 0.3) is 0 Å². The fourth-order valence-electron chi connectivity index (χ4n) is 0.797. The molecule has 1 saturated carbocycles. The second kappa shape index (κ2) is 2.14. The summed E-state index contributed by atoms with van der Waals surface area (Å²) in [5, 5.41) is 0. The lowest BCUT2D eigenvalue weighted by Crippen LogP contribution is -1.87. The van der Waals surface area contributed by atoms with Gasteiger partial charge in [-0.3, -0.25) is 0 Å². The summed E-state index contributed by atoms with van der Waals surface area (Å²) in [6.07, 6.45) is 0. The standard InChI is InChI=1S/C5H7Br2Cl/c1-3-4(2-8)5(3,6)7/h3-4H,2H2,1H3/t3-,4-/m1/s1. The third-order valence-corrected chi connectivity index (χ3v) is 4.72. The van der Waals surface area contributed by atoms with E-state index in [-0.39, 0.29) is 3.23 Å². The highest BCUT2D eigenvalue weighted by Gasteiger charge is 2.58. The van der Waals surface area contributed by atoms with Crippen molar-refractivity contribution in [3.63, 3.8) is 0 Å². The molecule has 0 saturated heterocycles. The monoisotopic (exact) mass is 260 g/mol. The molecule has 2 atom stereocenters. The molecule has 0 aromatic carbocycles. The van der Waals surface area contributed by atoms with Gasteiger partial charge < -0.3 is 0 Å². The molecule has 0 spiro atoms. The summed E-state index contributed by atoms with van der Waals surface area (Å²) >= 11 is 12.6. The minimum absolute atomic E-state index is 0.168. The quantitative estimate of drug-likeness (QED) is 0.637. The van der Waals surface area contributed by atoms with Gasteiger partial charge >= 0.3 is 0 Å². The molecule has 1 aliphatic carbocycles. The van der Waals surface area contributed by atoms with Gasteiger partial charge in [0.1, 0.15) is 0 Å². The highest BCUT2D eigenvalue weighted by atomic mass is 79.9. The molecule has 1 fully saturated rings. The number of hydrogen-bond donors (Lipinski definition) is 0. The van der Waals surface area contributed by atoms with Crippen LogP contribution in [0.1, 0.15) is 6.92 Å². The van der Waals surface area contributed by atoms with Crippen LogP contribution in [0.3, 0.4) is 0 Å². The lowest BCUT2D eigenvalue weighted by Gasteiger charge is -1.90. The summed E-state index contributed by atoms with van der Waals surface area (Å²) in [7, 11) is 0. The molecule has 48 valence electrons. The van der Waals surface area contributed by atoms with Crippen molar-refractivity contribution in [2.45, 2.75) is 10.2 Å². The minimum atomic E-state index is 0.168. The average molecular weight is 262 g/mol. The van der Waals surface area contributed by atoms with Crippen molar-refractivity contribution >= 4 is 43.5 Å². The molecule has 0 nitrogen and oxygen atoms in total. The molecule has 0 N–H and O–H groups in total. The predicted molar refractivity (Wildman–Crippen MR) is 44.0 cm³/mol. The van der Waals surface area contributed by atoms with Crippen molar-refractivity contribution < 1.29 is 0 Å². The van der Waals surface area contributed by atoms with Gasteiger partial charge in [-0.2, -0.15) is 0 Å². The van der Waals surface area contributed by atoms with Crippen molar-refractivity contribution in [3.8, 4) is 0 Å². The average Bonchev–Trinajstić information content (AvgIpc) is 2.09. The fraction of sp³-hybridized carbons (Fsp3) is 1.00. The molecular formula is C5H7Br2Cl. The van der Waals surface area contributed by atoms with E-state index in [0.717, 1.165) is 5.88 Å². The van der Waals surface area contributed by atoms with Gasteiger partial charge in [-0.15, -0.1) is 11.6 Å². The van der Waals surface area contributed by atoms with Gasteiger partial charge in [0.2, 0.25) is 0 Å². The second-order valence-corrected chi connectivity index (χ2v) is 6.22. The SMILES string of the molecule is C[C@@H]1[C@@H](CCl)C1(Br)Br. The van der Waals surface area contributed by atoms with Crippen molar-refractivity contribution in [2.75, 3.05) is 5.88 Å². The predicted octanol–water partition coefficient (Wildman–Crippen LogP) is 2.98. The Balaban J connectivity index is 2.45. The zero-order chi connectivity index (χ0) is 6.36. The maximum atomic E-state index is 5.62. The highest BCUT2D eigenvalue weighted by Crippen LogP contribution is 2.61. The maximum absolute atomic E-state index is 5.62. The zero-order valence-corrected chi connectivity index (χ0v) is 8.42. The molecule has 3 heteroatoms. The Hall–Kier alpha value is 1.25. The Labute approximate surface area is 71.2 Å². The van der Waals surface area contributed by atoms with Crippen LogP contribution in [0.2, 0.25) is 0 Å². The fourth-order valence-corrected chi connectivity index (χ4v) is 3.17. The van der Waals surface area contributed by atoms with Crippen molar-refractivity contribution in [2.24, 2.45) is 11.8 Å². The second-order valence-electron chi connectivity index (χ2n) is 2.22. The molecule has 0 aromatic rings. The van der Waals surface area contributed by atoms with Gasteiger partial charge in [-0.1, -0.05) is 38.8 Å². The van der Waals surface area contributed by atoms with Crippen LogP contribution in [0.4, 0.5) is 0 Å². The molecule has 0 radical (unpaired) electrons. The third kappa shape index (κ3) is 0.952. The lowest BCUT2D eigenvalue weighted by atomic mass is 10.4. The number of rotatable bonds is 1. The summed E-state index contributed by atoms with van der Waals surface area (Å²) < 4.78 is 0.168. The molecular weight excluding hydrogens is 255 g/mol. The topological polar surface area (TPSA) is 0 Å². The number of alkyl halides is 3. The van der Waals surface area contributed by atoms with Crippen LogP contribution in [-0.2, 0) is 0 Å². The van der Waals surface area contributed by atoms with Crippen LogP contribution in [0, 0.1) is 11.8 Å².